The van der Waals surface area contributed by atoms with Gasteiger partial charge in [-0.1, -0.05) is 0 Å². The van der Waals surface area contributed by atoms with E-state index in [0.717, 1.165) is 19.3 Å². The van der Waals surface area contributed by atoms with Crippen LogP contribution in [0.3, 0.4) is 0 Å². The lowest BCUT2D eigenvalue weighted by Crippen LogP contribution is -2.29. The second-order valence-corrected chi connectivity index (χ2v) is 8.89. The molecule has 9 heteroatoms. The van der Waals surface area contributed by atoms with Gasteiger partial charge in [0.15, 0.2) is 0 Å². The van der Waals surface area contributed by atoms with Gasteiger partial charge in [-0.3, -0.25) is 9.59 Å². The maximum absolute atomic E-state index is 13.0. The summed E-state index contributed by atoms with van der Waals surface area (Å²) in [5.41, 5.74) is 0.402. The maximum Gasteiger partial charge on any atom is 0.246 e. The van der Waals surface area contributed by atoms with E-state index < -0.39 is 10.0 Å². The van der Waals surface area contributed by atoms with Crippen LogP contribution in [-0.4, -0.2) is 62.2 Å². The molecule has 154 valence electrons. The number of likely N-dealkylation sites (tertiary alicyclic amines) is 1. The van der Waals surface area contributed by atoms with Gasteiger partial charge in [-0.15, -0.1) is 0 Å². The van der Waals surface area contributed by atoms with Crippen LogP contribution in [0.25, 0.3) is 0 Å². The van der Waals surface area contributed by atoms with Crippen molar-refractivity contribution in [2.45, 2.75) is 43.9 Å². The summed E-state index contributed by atoms with van der Waals surface area (Å²) in [6, 6.07) is 4.66. The van der Waals surface area contributed by atoms with Gasteiger partial charge in [0, 0.05) is 44.7 Å². The van der Waals surface area contributed by atoms with E-state index in [4.69, 9.17) is 4.74 Å². The molecule has 0 aliphatic carbocycles. The number of rotatable bonds is 8. The Labute approximate surface area is 165 Å². The molecular formula is C19H27N3O5S. The zero-order chi connectivity index (χ0) is 20.1. The summed E-state index contributed by atoms with van der Waals surface area (Å²) in [5.74, 6) is 0.108. The zero-order valence-corrected chi connectivity index (χ0v) is 17.0. The Hall–Kier alpha value is -2.13. The first kappa shape index (κ1) is 20.6. The molecule has 2 amide bonds. The lowest BCUT2D eigenvalue weighted by molar-refractivity contribution is -0.128. The second-order valence-electron chi connectivity index (χ2n) is 6.99. The molecule has 0 aromatic heterocycles. The number of amides is 2. The van der Waals surface area contributed by atoms with Crippen molar-refractivity contribution in [3.8, 4) is 5.75 Å². The molecule has 2 heterocycles. The number of carbonyl (C=O) groups excluding carboxylic acids is 2. The molecule has 2 aliphatic rings. The summed E-state index contributed by atoms with van der Waals surface area (Å²) >= 11 is 0. The van der Waals surface area contributed by atoms with Gasteiger partial charge in [-0.2, -0.15) is 4.31 Å². The summed E-state index contributed by atoms with van der Waals surface area (Å²) in [7, 11) is -3.68. The summed E-state index contributed by atoms with van der Waals surface area (Å²) in [4.78, 5) is 25.7. The van der Waals surface area contributed by atoms with Crippen LogP contribution in [0.5, 0.6) is 5.75 Å². The number of carbonyl (C=O) groups is 2. The smallest absolute Gasteiger partial charge is 0.246 e. The molecule has 2 fully saturated rings. The van der Waals surface area contributed by atoms with Crippen LogP contribution in [0.15, 0.2) is 23.1 Å². The highest BCUT2D eigenvalue weighted by atomic mass is 32.2. The highest BCUT2D eigenvalue weighted by molar-refractivity contribution is 7.89. The second kappa shape index (κ2) is 8.91. The van der Waals surface area contributed by atoms with E-state index in [9.17, 15) is 18.0 Å². The minimum absolute atomic E-state index is 0.0729. The zero-order valence-electron chi connectivity index (χ0n) is 16.1. The Kier molecular flexibility index (Phi) is 6.56. The SMILES string of the molecule is CCOc1ccc(NC(=O)CCN2CCCC2=O)cc1S(=O)(=O)N1CCCC1. The molecule has 0 radical (unpaired) electrons. The van der Waals surface area contributed by atoms with Gasteiger partial charge in [0.25, 0.3) is 0 Å². The van der Waals surface area contributed by atoms with Crippen molar-refractivity contribution in [1.82, 2.24) is 9.21 Å². The van der Waals surface area contributed by atoms with Gasteiger partial charge in [0.05, 0.1) is 6.61 Å². The van der Waals surface area contributed by atoms with E-state index in [1.165, 1.54) is 10.4 Å². The highest BCUT2D eigenvalue weighted by Crippen LogP contribution is 2.31. The van der Waals surface area contributed by atoms with Crippen molar-refractivity contribution in [3.63, 3.8) is 0 Å². The molecular weight excluding hydrogens is 382 g/mol. The van der Waals surface area contributed by atoms with E-state index in [-0.39, 0.29) is 28.9 Å². The molecule has 0 bridgehead atoms. The lowest BCUT2D eigenvalue weighted by atomic mass is 10.3. The Morgan fingerprint density at radius 3 is 2.57 bits per heavy atom. The van der Waals surface area contributed by atoms with Crippen molar-refractivity contribution < 1.29 is 22.7 Å². The monoisotopic (exact) mass is 409 g/mol. The predicted molar refractivity (Wildman–Crippen MR) is 105 cm³/mol. The fourth-order valence-electron chi connectivity index (χ4n) is 3.53. The lowest BCUT2D eigenvalue weighted by Gasteiger charge is -2.19. The van der Waals surface area contributed by atoms with Crippen molar-refractivity contribution in [1.29, 1.82) is 0 Å². The summed E-state index contributed by atoms with van der Waals surface area (Å²) in [6.07, 6.45) is 3.23. The molecule has 0 atom stereocenters. The number of ether oxygens (including phenoxy) is 1. The van der Waals surface area contributed by atoms with E-state index in [2.05, 4.69) is 5.32 Å². The molecule has 3 rings (SSSR count). The van der Waals surface area contributed by atoms with Crippen LogP contribution in [0, 0.1) is 0 Å². The first-order valence-electron chi connectivity index (χ1n) is 9.76. The standard InChI is InChI=1S/C19H27N3O5S/c1-2-27-16-8-7-15(14-17(16)28(25,26)22-11-3-4-12-22)20-18(23)9-13-21-10-5-6-19(21)24/h7-8,14H,2-6,9-13H2,1H3,(H,20,23). The van der Waals surface area contributed by atoms with Gasteiger partial charge in [-0.25, -0.2) is 8.42 Å². The first-order valence-corrected chi connectivity index (χ1v) is 11.2. The molecule has 1 N–H and O–H groups in total. The molecule has 0 spiro atoms. The molecule has 0 saturated carbocycles. The van der Waals surface area contributed by atoms with Crippen molar-refractivity contribution >= 4 is 27.5 Å². The number of hydrogen-bond donors (Lipinski definition) is 1. The average Bonchev–Trinajstić information content (AvgIpc) is 3.33. The van der Waals surface area contributed by atoms with Gasteiger partial charge in [0.1, 0.15) is 10.6 Å². The molecule has 2 aliphatic heterocycles. The van der Waals surface area contributed by atoms with E-state index >= 15 is 0 Å². The third-order valence-electron chi connectivity index (χ3n) is 4.99. The Balaban J connectivity index is 1.73. The van der Waals surface area contributed by atoms with Crippen LogP contribution >= 0.6 is 0 Å². The van der Waals surface area contributed by atoms with Crippen LogP contribution < -0.4 is 10.1 Å². The molecule has 28 heavy (non-hydrogen) atoms. The number of hydrogen-bond acceptors (Lipinski definition) is 5. The van der Waals surface area contributed by atoms with E-state index in [1.807, 2.05) is 0 Å². The molecule has 1 aromatic rings. The maximum atomic E-state index is 13.0. The number of sulfonamides is 1. The van der Waals surface area contributed by atoms with E-state index in [0.29, 0.717) is 44.9 Å². The van der Waals surface area contributed by atoms with Crippen LogP contribution in [0.4, 0.5) is 5.69 Å². The Morgan fingerprint density at radius 2 is 1.93 bits per heavy atom. The minimum Gasteiger partial charge on any atom is -0.492 e. The quantitative estimate of drug-likeness (QED) is 0.707. The highest BCUT2D eigenvalue weighted by Gasteiger charge is 2.30. The van der Waals surface area contributed by atoms with Crippen LogP contribution in [0.1, 0.15) is 39.0 Å². The van der Waals surface area contributed by atoms with Gasteiger partial charge in [-0.05, 0) is 44.4 Å². The van der Waals surface area contributed by atoms with Crippen molar-refractivity contribution in [3.05, 3.63) is 18.2 Å². The van der Waals surface area contributed by atoms with Gasteiger partial charge >= 0.3 is 0 Å². The third-order valence-corrected chi connectivity index (χ3v) is 6.91. The molecule has 1 aromatic carbocycles. The predicted octanol–water partition coefficient (Wildman–Crippen LogP) is 1.82. The number of anilines is 1. The van der Waals surface area contributed by atoms with Crippen LogP contribution in [0.2, 0.25) is 0 Å². The van der Waals surface area contributed by atoms with Crippen molar-refractivity contribution in [2.75, 3.05) is 38.1 Å². The first-order chi connectivity index (χ1) is 13.4. The Morgan fingerprint density at radius 1 is 1.18 bits per heavy atom. The normalized spacial score (nSPS) is 17.9. The summed E-state index contributed by atoms with van der Waals surface area (Å²) in [5, 5.41) is 2.74. The fourth-order valence-corrected chi connectivity index (χ4v) is 5.20. The number of nitrogens with zero attached hydrogens (tertiary/aromatic N) is 2. The number of nitrogens with one attached hydrogen (secondary N) is 1. The minimum atomic E-state index is -3.68. The summed E-state index contributed by atoms with van der Waals surface area (Å²) in [6.45, 7) is 4.19. The molecule has 8 nitrogen and oxygen atoms in total. The summed E-state index contributed by atoms with van der Waals surface area (Å²) < 4.78 is 32.9. The number of benzene rings is 1. The van der Waals surface area contributed by atoms with E-state index in [1.54, 1.807) is 24.0 Å². The topological polar surface area (TPSA) is 96.0 Å². The average molecular weight is 410 g/mol. The third kappa shape index (κ3) is 4.64. The fraction of sp³-hybridized carbons (Fsp3) is 0.579. The Bertz CT molecular complexity index is 834. The van der Waals surface area contributed by atoms with Crippen LogP contribution in [-0.2, 0) is 19.6 Å². The molecule has 2 saturated heterocycles. The molecule has 0 unspecified atom stereocenters. The van der Waals surface area contributed by atoms with Crippen molar-refractivity contribution in [2.24, 2.45) is 0 Å². The largest absolute Gasteiger partial charge is 0.492 e. The van der Waals surface area contributed by atoms with Gasteiger partial charge in [0.2, 0.25) is 21.8 Å². The van der Waals surface area contributed by atoms with Gasteiger partial charge < -0.3 is 15.0 Å².